The van der Waals surface area contributed by atoms with Crippen LogP contribution >= 0.6 is 11.6 Å². The van der Waals surface area contributed by atoms with Crippen molar-refractivity contribution in [1.82, 2.24) is 5.32 Å². The first-order chi connectivity index (χ1) is 10.0. The van der Waals surface area contributed by atoms with Crippen molar-refractivity contribution in [2.24, 2.45) is 0 Å². The third kappa shape index (κ3) is 4.81. The lowest BCUT2D eigenvalue weighted by atomic mass is 10.2. The standard InChI is InChI=1S/C15H13ClF2N2O/c16-13-6-10(4-5-14(13)18)8-19-9-15(21)20-12-3-1-2-11(17)7-12/h1-7,19H,8-9H2,(H,20,21). The molecule has 0 aliphatic rings. The van der Waals surface area contributed by atoms with Gasteiger partial charge in [-0.2, -0.15) is 0 Å². The molecule has 1 amide bonds. The number of rotatable bonds is 5. The van der Waals surface area contributed by atoms with Gasteiger partial charge in [0.25, 0.3) is 0 Å². The first-order valence-corrected chi connectivity index (χ1v) is 6.62. The van der Waals surface area contributed by atoms with Crippen molar-refractivity contribution >= 4 is 23.2 Å². The van der Waals surface area contributed by atoms with Crippen molar-refractivity contribution in [1.29, 1.82) is 0 Å². The molecule has 110 valence electrons. The van der Waals surface area contributed by atoms with E-state index < -0.39 is 11.6 Å². The van der Waals surface area contributed by atoms with Crippen molar-refractivity contribution in [3.63, 3.8) is 0 Å². The van der Waals surface area contributed by atoms with Crippen LogP contribution in [0.1, 0.15) is 5.56 Å². The summed E-state index contributed by atoms with van der Waals surface area (Å²) in [6, 6.07) is 9.99. The molecule has 0 heterocycles. The lowest BCUT2D eigenvalue weighted by Gasteiger charge is -2.07. The molecule has 6 heteroatoms. The third-order valence-corrected chi connectivity index (χ3v) is 3.00. The number of amides is 1. The van der Waals surface area contributed by atoms with E-state index in [4.69, 9.17) is 11.6 Å². The Kier molecular flexibility index (Phi) is 5.25. The molecule has 0 aromatic heterocycles. The Hall–Kier alpha value is -1.98. The van der Waals surface area contributed by atoms with Crippen LogP contribution in [0, 0.1) is 11.6 Å². The SMILES string of the molecule is O=C(CNCc1ccc(F)c(Cl)c1)Nc1cccc(F)c1. The van der Waals surface area contributed by atoms with Crippen LogP contribution < -0.4 is 10.6 Å². The van der Waals surface area contributed by atoms with Crippen LogP contribution in [-0.4, -0.2) is 12.5 Å². The zero-order valence-electron chi connectivity index (χ0n) is 11.0. The molecule has 0 aliphatic heterocycles. The fourth-order valence-electron chi connectivity index (χ4n) is 1.74. The van der Waals surface area contributed by atoms with Gasteiger partial charge in [0.05, 0.1) is 11.6 Å². The highest BCUT2D eigenvalue weighted by atomic mass is 35.5. The van der Waals surface area contributed by atoms with Gasteiger partial charge in [0.1, 0.15) is 11.6 Å². The van der Waals surface area contributed by atoms with Crippen molar-refractivity contribution in [3.05, 3.63) is 64.7 Å². The number of anilines is 1. The van der Waals surface area contributed by atoms with Gasteiger partial charge < -0.3 is 10.6 Å². The maximum Gasteiger partial charge on any atom is 0.238 e. The number of halogens is 3. The fourth-order valence-corrected chi connectivity index (χ4v) is 1.94. The average Bonchev–Trinajstić information content (AvgIpc) is 2.43. The van der Waals surface area contributed by atoms with Crippen LogP contribution in [0.2, 0.25) is 5.02 Å². The molecular weight excluding hydrogens is 298 g/mol. The Morgan fingerprint density at radius 1 is 1.14 bits per heavy atom. The first-order valence-electron chi connectivity index (χ1n) is 6.24. The molecule has 0 spiro atoms. The van der Waals surface area contributed by atoms with E-state index in [2.05, 4.69) is 10.6 Å². The van der Waals surface area contributed by atoms with Gasteiger partial charge in [0, 0.05) is 12.2 Å². The van der Waals surface area contributed by atoms with Crippen LogP contribution in [0.4, 0.5) is 14.5 Å². The summed E-state index contributed by atoms with van der Waals surface area (Å²) in [6.07, 6.45) is 0. The Morgan fingerprint density at radius 3 is 2.67 bits per heavy atom. The minimum absolute atomic E-state index is 0.0403. The molecule has 0 fully saturated rings. The van der Waals surface area contributed by atoms with Crippen LogP contribution in [0.15, 0.2) is 42.5 Å². The van der Waals surface area contributed by atoms with Crippen LogP contribution in [0.5, 0.6) is 0 Å². The van der Waals surface area contributed by atoms with E-state index >= 15 is 0 Å². The van der Waals surface area contributed by atoms with Gasteiger partial charge in [-0.15, -0.1) is 0 Å². The number of nitrogens with one attached hydrogen (secondary N) is 2. The van der Waals surface area contributed by atoms with Crippen molar-refractivity contribution in [3.8, 4) is 0 Å². The van der Waals surface area contributed by atoms with Crippen molar-refractivity contribution in [2.75, 3.05) is 11.9 Å². The second-order valence-corrected chi connectivity index (χ2v) is 4.82. The Balaban J connectivity index is 1.80. The maximum absolute atomic E-state index is 13.0. The highest BCUT2D eigenvalue weighted by Crippen LogP contribution is 2.15. The second-order valence-electron chi connectivity index (χ2n) is 4.41. The van der Waals surface area contributed by atoms with Crippen molar-refractivity contribution in [2.45, 2.75) is 6.54 Å². The molecule has 0 unspecified atom stereocenters. The molecule has 2 rings (SSSR count). The summed E-state index contributed by atoms with van der Waals surface area (Å²) in [6.45, 7) is 0.419. The second kappa shape index (κ2) is 7.15. The van der Waals surface area contributed by atoms with Crippen molar-refractivity contribution < 1.29 is 13.6 Å². The third-order valence-electron chi connectivity index (χ3n) is 2.71. The number of hydrogen-bond donors (Lipinski definition) is 2. The summed E-state index contributed by atoms with van der Waals surface area (Å²) in [7, 11) is 0. The summed E-state index contributed by atoms with van der Waals surface area (Å²) >= 11 is 5.66. The predicted molar refractivity (Wildman–Crippen MR) is 78.1 cm³/mol. The summed E-state index contributed by atoms with van der Waals surface area (Å²) < 4.78 is 25.9. The van der Waals surface area contributed by atoms with Crippen LogP contribution in [0.3, 0.4) is 0 Å². The van der Waals surface area contributed by atoms with Crippen LogP contribution in [0.25, 0.3) is 0 Å². The predicted octanol–water partition coefficient (Wildman–Crippen LogP) is 3.35. The van der Waals surface area contributed by atoms with E-state index in [-0.39, 0.29) is 17.5 Å². The molecule has 2 aromatic rings. The molecular formula is C15H13ClF2N2O. The van der Waals surface area contributed by atoms with Gasteiger partial charge in [-0.05, 0) is 35.9 Å². The molecule has 0 radical (unpaired) electrons. The lowest BCUT2D eigenvalue weighted by molar-refractivity contribution is -0.115. The smallest absolute Gasteiger partial charge is 0.238 e. The molecule has 0 saturated carbocycles. The number of benzene rings is 2. The average molecular weight is 311 g/mol. The molecule has 21 heavy (non-hydrogen) atoms. The van der Waals surface area contributed by atoms with Gasteiger partial charge in [0.2, 0.25) is 5.91 Å². The molecule has 0 saturated heterocycles. The lowest BCUT2D eigenvalue weighted by Crippen LogP contribution is -2.27. The van der Waals surface area contributed by atoms with Gasteiger partial charge in [0.15, 0.2) is 0 Å². The molecule has 0 aliphatic carbocycles. The van der Waals surface area contributed by atoms with E-state index in [1.165, 1.54) is 30.3 Å². The highest BCUT2D eigenvalue weighted by molar-refractivity contribution is 6.30. The molecule has 2 N–H and O–H groups in total. The molecule has 0 atom stereocenters. The normalized spacial score (nSPS) is 10.4. The largest absolute Gasteiger partial charge is 0.325 e. The fraction of sp³-hybridized carbons (Fsp3) is 0.133. The Bertz CT molecular complexity index is 649. The number of hydrogen-bond acceptors (Lipinski definition) is 2. The van der Waals surface area contributed by atoms with Crippen LogP contribution in [-0.2, 0) is 11.3 Å². The zero-order chi connectivity index (χ0) is 15.2. The minimum Gasteiger partial charge on any atom is -0.325 e. The summed E-state index contributed by atoms with van der Waals surface area (Å²) in [5.74, 6) is -1.19. The highest BCUT2D eigenvalue weighted by Gasteiger charge is 2.04. The number of carbonyl (C=O) groups is 1. The van der Waals surface area contributed by atoms with Gasteiger partial charge in [-0.25, -0.2) is 8.78 Å². The molecule has 2 aromatic carbocycles. The van der Waals surface area contributed by atoms with E-state index in [9.17, 15) is 13.6 Å². The molecule has 3 nitrogen and oxygen atoms in total. The van der Waals surface area contributed by atoms with Gasteiger partial charge in [-0.3, -0.25) is 4.79 Å². The van der Waals surface area contributed by atoms with Gasteiger partial charge in [-0.1, -0.05) is 23.7 Å². The quantitative estimate of drug-likeness (QED) is 0.889. The first kappa shape index (κ1) is 15.4. The maximum atomic E-state index is 13.0. The van der Waals surface area contributed by atoms with E-state index in [1.54, 1.807) is 12.1 Å². The van der Waals surface area contributed by atoms with Gasteiger partial charge >= 0.3 is 0 Å². The van der Waals surface area contributed by atoms with E-state index in [1.807, 2.05) is 0 Å². The summed E-state index contributed by atoms with van der Waals surface area (Å²) in [4.78, 5) is 11.7. The van der Waals surface area contributed by atoms with E-state index in [0.29, 0.717) is 12.2 Å². The molecule has 0 bridgehead atoms. The van der Waals surface area contributed by atoms with E-state index in [0.717, 1.165) is 5.56 Å². The topological polar surface area (TPSA) is 41.1 Å². The Labute approximate surface area is 125 Å². The monoisotopic (exact) mass is 310 g/mol. The minimum atomic E-state index is -0.482. The Morgan fingerprint density at radius 2 is 1.95 bits per heavy atom. The zero-order valence-corrected chi connectivity index (χ0v) is 11.8. The number of carbonyl (C=O) groups excluding carboxylic acids is 1. The summed E-state index contributed by atoms with van der Waals surface area (Å²) in [5.41, 5.74) is 1.16. The summed E-state index contributed by atoms with van der Waals surface area (Å²) in [5, 5.41) is 5.50.